The van der Waals surface area contributed by atoms with Crippen LogP contribution >= 0.6 is 0 Å². The summed E-state index contributed by atoms with van der Waals surface area (Å²) in [6, 6.07) is 6.16. The molecule has 3 rings (SSSR count). The van der Waals surface area contributed by atoms with Crippen LogP contribution in [-0.2, 0) is 14.3 Å². The molecule has 0 spiro atoms. The van der Waals surface area contributed by atoms with E-state index in [0.717, 1.165) is 25.2 Å². The van der Waals surface area contributed by atoms with Crippen LogP contribution in [0, 0.1) is 5.82 Å². The van der Waals surface area contributed by atoms with Crippen LogP contribution in [-0.4, -0.2) is 74.4 Å². The molecule has 1 unspecified atom stereocenters. The number of hydrogen-bond donors (Lipinski definition) is 0. The zero-order valence-electron chi connectivity index (χ0n) is 14.6. The summed E-state index contributed by atoms with van der Waals surface area (Å²) in [5.41, 5.74) is 1.50. The Hall–Kier alpha value is -1.76. The predicted molar refractivity (Wildman–Crippen MR) is 93.6 cm³/mol. The van der Waals surface area contributed by atoms with Crippen molar-refractivity contribution in [1.82, 2.24) is 9.80 Å². The number of piperazine rings is 1. The maximum Gasteiger partial charge on any atom is 0.249 e. The van der Waals surface area contributed by atoms with E-state index in [9.17, 15) is 9.18 Å². The van der Waals surface area contributed by atoms with Gasteiger partial charge in [0.25, 0.3) is 0 Å². The summed E-state index contributed by atoms with van der Waals surface area (Å²) >= 11 is 0. The normalized spacial score (nSPS) is 22.9. The third-order valence-corrected chi connectivity index (χ3v) is 4.60. The van der Waals surface area contributed by atoms with Gasteiger partial charge in [0.1, 0.15) is 5.82 Å². The number of rotatable bonds is 4. The Balaban J connectivity index is 1.49. The lowest BCUT2D eigenvalue weighted by molar-refractivity contribution is -0.130. The van der Waals surface area contributed by atoms with Crippen LogP contribution in [0.4, 0.5) is 4.39 Å². The van der Waals surface area contributed by atoms with Crippen molar-refractivity contribution in [1.29, 1.82) is 0 Å². The van der Waals surface area contributed by atoms with E-state index in [-0.39, 0.29) is 17.8 Å². The Morgan fingerprint density at radius 2 is 1.92 bits per heavy atom. The second-order valence-electron chi connectivity index (χ2n) is 6.54. The van der Waals surface area contributed by atoms with Crippen LogP contribution in [0.5, 0.6) is 0 Å². The molecule has 0 N–H and O–H groups in total. The summed E-state index contributed by atoms with van der Waals surface area (Å²) in [4.78, 5) is 16.8. The highest BCUT2D eigenvalue weighted by Crippen LogP contribution is 2.13. The van der Waals surface area contributed by atoms with Gasteiger partial charge in [0.15, 0.2) is 0 Å². The monoisotopic (exact) mass is 348 g/mol. The van der Waals surface area contributed by atoms with E-state index < -0.39 is 0 Å². The van der Waals surface area contributed by atoms with Crippen molar-refractivity contribution in [3.05, 3.63) is 41.2 Å². The predicted octanol–water partition coefficient (Wildman–Crippen LogP) is 1.79. The number of benzene rings is 1. The van der Waals surface area contributed by atoms with Gasteiger partial charge < -0.3 is 14.4 Å². The lowest BCUT2D eigenvalue weighted by Crippen LogP contribution is -2.51. The van der Waals surface area contributed by atoms with E-state index in [4.69, 9.17) is 9.47 Å². The first-order chi connectivity index (χ1) is 12.1. The highest BCUT2D eigenvalue weighted by Gasteiger charge is 2.25. The molecule has 2 heterocycles. The quantitative estimate of drug-likeness (QED) is 0.778. The Morgan fingerprint density at radius 1 is 1.20 bits per heavy atom. The van der Waals surface area contributed by atoms with Crippen molar-refractivity contribution in [3.63, 3.8) is 0 Å². The van der Waals surface area contributed by atoms with Gasteiger partial charge in [-0.05, 0) is 30.7 Å². The number of hydrogen-bond acceptors (Lipinski definition) is 4. The highest BCUT2D eigenvalue weighted by atomic mass is 19.1. The summed E-state index contributed by atoms with van der Waals surface area (Å²) in [5.74, 6) is -0.231. The van der Waals surface area contributed by atoms with Gasteiger partial charge in [-0.25, -0.2) is 4.39 Å². The smallest absolute Gasteiger partial charge is 0.249 e. The Bertz CT molecular complexity index is 604. The van der Waals surface area contributed by atoms with Gasteiger partial charge >= 0.3 is 0 Å². The molecule has 2 saturated heterocycles. The largest absolute Gasteiger partial charge is 0.376 e. The molecule has 2 aliphatic rings. The first-order valence-electron chi connectivity index (χ1n) is 8.76. The zero-order valence-corrected chi connectivity index (χ0v) is 14.6. The van der Waals surface area contributed by atoms with Gasteiger partial charge in [0.2, 0.25) is 5.91 Å². The highest BCUT2D eigenvalue weighted by molar-refractivity contribution is 5.97. The average molecular weight is 348 g/mol. The topological polar surface area (TPSA) is 42.0 Å². The summed E-state index contributed by atoms with van der Waals surface area (Å²) in [6.45, 7) is 7.76. The Kier molecular flexibility index (Phi) is 6.18. The fourth-order valence-corrected chi connectivity index (χ4v) is 3.18. The van der Waals surface area contributed by atoms with E-state index in [1.54, 1.807) is 18.2 Å². The average Bonchev–Trinajstić information content (AvgIpc) is 2.64. The van der Waals surface area contributed by atoms with Crippen molar-refractivity contribution < 1.29 is 18.7 Å². The molecule has 136 valence electrons. The Morgan fingerprint density at radius 3 is 2.56 bits per heavy atom. The molecule has 6 heteroatoms. The summed E-state index contributed by atoms with van der Waals surface area (Å²) < 4.78 is 24.1. The molecule has 5 nitrogen and oxygen atoms in total. The fraction of sp³-hybridized carbons (Fsp3) is 0.526. The van der Waals surface area contributed by atoms with E-state index in [1.165, 1.54) is 12.1 Å². The molecule has 0 saturated carbocycles. The third-order valence-electron chi connectivity index (χ3n) is 4.60. The molecule has 0 aromatic heterocycles. The van der Waals surface area contributed by atoms with Crippen LogP contribution in [0.25, 0.3) is 6.08 Å². The minimum atomic E-state index is -0.274. The summed E-state index contributed by atoms with van der Waals surface area (Å²) in [6.07, 6.45) is 1.94. The SMILES string of the molecule is C/C(=C\c1ccc(F)cc1)C(=O)N1CCN(CC2COCCO2)CC1. The van der Waals surface area contributed by atoms with Crippen LogP contribution in [0.1, 0.15) is 12.5 Å². The van der Waals surface area contributed by atoms with Gasteiger partial charge in [0.05, 0.1) is 25.9 Å². The molecule has 0 bridgehead atoms. The molecule has 0 radical (unpaired) electrons. The van der Waals surface area contributed by atoms with Crippen molar-refractivity contribution >= 4 is 12.0 Å². The van der Waals surface area contributed by atoms with Crippen molar-refractivity contribution in [2.24, 2.45) is 0 Å². The summed E-state index contributed by atoms with van der Waals surface area (Å²) in [7, 11) is 0. The summed E-state index contributed by atoms with van der Waals surface area (Å²) in [5, 5.41) is 0. The number of amides is 1. The molecule has 1 atom stereocenters. The zero-order chi connectivity index (χ0) is 17.6. The van der Waals surface area contributed by atoms with Crippen molar-refractivity contribution in [2.45, 2.75) is 13.0 Å². The van der Waals surface area contributed by atoms with Gasteiger partial charge in [-0.2, -0.15) is 0 Å². The third kappa shape index (κ3) is 5.11. The fourth-order valence-electron chi connectivity index (χ4n) is 3.18. The van der Waals surface area contributed by atoms with E-state index in [2.05, 4.69) is 4.90 Å². The number of ether oxygens (including phenoxy) is 2. The maximum atomic E-state index is 13.0. The number of nitrogens with zero attached hydrogens (tertiary/aromatic N) is 2. The van der Waals surface area contributed by atoms with Gasteiger partial charge in [-0.1, -0.05) is 12.1 Å². The molecule has 2 fully saturated rings. The molecular formula is C19H25FN2O3. The van der Waals surface area contributed by atoms with Gasteiger partial charge in [-0.3, -0.25) is 9.69 Å². The lowest BCUT2D eigenvalue weighted by Gasteiger charge is -2.37. The van der Waals surface area contributed by atoms with Crippen LogP contribution in [0.2, 0.25) is 0 Å². The molecule has 2 aliphatic heterocycles. The van der Waals surface area contributed by atoms with Gasteiger partial charge in [0, 0.05) is 38.3 Å². The van der Waals surface area contributed by atoms with Crippen LogP contribution < -0.4 is 0 Å². The van der Waals surface area contributed by atoms with E-state index >= 15 is 0 Å². The minimum absolute atomic E-state index is 0.0428. The lowest BCUT2D eigenvalue weighted by atomic mass is 10.1. The van der Waals surface area contributed by atoms with Crippen molar-refractivity contribution in [3.8, 4) is 0 Å². The molecule has 0 aliphatic carbocycles. The molecule has 25 heavy (non-hydrogen) atoms. The first-order valence-corrected chi connectivity index (χ1v) is 8.76. The first kappa shape index (κ1) is 18.0. The number of carbonyl (C=O) groups excluding carboxylic acids is 1. The number of halogens is 1. The Labute approximate surface area is 148 Å². The second kappa shape index (κ2) is 8.56. The van der Waals surface area contributed by atoms with Gasteiger partial charge in [-0.15, -0.1) is 0 Å². The molecular weight excluding hydrogens is 323 g/mol. The van der Waals surface area contributed by atoms with E-state index in [0.29, 0.717) is 38.5 Å². The van der Waals surface area contributed by atoms with E-state index in [1.807, 2.05) is 11.8 Å². The maximum absolute atomic E-state index is 13.0. The molecule has 1 aromatic carbocycles. The van der Waals surface area contributed by atoms with Crippen LogP contribution in [0.15, 0.2) is 29.8 Å². The van der Waals surface area contributed by atoms with Crippen molar-refractivity contribution in [2.75, 3.05) is 52.5 Å². The molecule has 1 amide bonds. The van der Waals surface area contributed by atoms with Crippen LogP contribution in [0.3, 0.4) is 0 Å². The second-order valence-corrected chi connectivity index (χ2v) is 6.54. The number of carbonyl (C=O) groups is 1. The molecule has 1 aromatic rings. The minimum Gasteiger partial charge on any atom is -0.376 e. The standard InChI is InChI=1S/C19H25FN2O3/c1-15(12-16-2-4-17(20)5-3-16)19(23)22-8-6-21(7-9-22)13-18-14-24-10-11-25-18/h2-5,12,18H,6-11,13-14H2,1H3/b15-12+.